The number of carbonyl (C=O) groups excluding carboxylic acids is 2. The molecule has 1 saturated carbocycles. The highest BCUT2D eigenvalue weighted by Gasteiger charge is 2.26. The highest BCUT2D eigenvalue weighted by molar-refractivity contribution is 6.15. The zero-order chi connectivity index (χ0) is 20.0. The van der Waals surface area contributed by atoms with E-state index in [0.717, 1.165) is 12.8 Å². The van der Waals surface area contributed by atoms with Gasteiger partial charge in [0.2, 0.25) is 11.9 Å². The molecule has 0 bridgehead atoms. The second-order valence-corrected chi connectivity index (χ2v) is 6.84. The number of hydrogen-bond donors (Lipinski definition) is 2. The van der Waals surface area contributed by atoms with Gasteiger partial charge in [-0.15, -0.1) is 0 Å². The lowest BCUT2D eigenvalue weighted by Gasteiger charge is -2.09. The molecule has 0 unspecified atom stereocenters. The van der Waals surface area contributed by atoms with Gasteiger partial charge >= 0.3 is 6.01 Å². The quantitative estimate of drug-likeness (QED) is 0.503. The largest absolute Gasteiger partial charge is 0.421 e. The molecule has 2 amide bonds. The zero-order valence-corrected chi connectivity index (χ0v) is 15.1. The highest BCUT2D eigenvalue weighted by Crippen LogP contribution is 2.28. The fraction of sp³-hybridized carbons (Fsp3) is 0.211. The van der Waals surface area contributed by atoms with E-state index in [4.69, 9.17) is 4.74 Å². The molecule has 1 saturated heterocycles. The summed E-state index contributed by atoms with van der Waals surface area (Å²) >= 11 is 0. The molecule has 2 N–H and O–H groups in total. The van der Waals surface area contributed by atoms with Crippen molar-refractivity contribution >= 4 is 29.5 Å². The van der Waals surface area contributed by atoms with Gasteiger partial charge in [-0.2, -0.15) is 19.6 Å². The zero-order valence-electron chi connectivity index (χ0n) is 15.1. The van der Waals surface area contributed by atoms with Gasteiger partial charge in [0, 0.05) is 17.2 Å². The Hall–Kier alpha value is -3.82. The highest BCUT2D eigenvalue weighted by atomic mass is 19.1. The molecule has 10 heteroatoms. The van der Waals surface area contributed by atoms with E-state index in [2.05, 4.69) is 25.7 Å². The van der Waals surface area contributed by atoms with E-state index in [0.29, 0.717) is 22.7 Å². The summed E-state index contributed by atoms with van der Waals surface area (Å²) in [6.45, 7) is 0. The Morgan fingerprint density at radius 1 is 1.24 bits per heavy atom. The van der Waals surface area contributed by atoms with Crippen molar-refractivity contribution < 1.29 is 18.7 Å². The van der Waals surface area contributed by atoms with Crippen LogP contribution in [-0.2, 0) is 9.59 Å². The number of ether oxygens (including phenoxy) is 1. The third kappa shape index (κ3) is 3.40. The number of fused-ring (bicyclic) bond motifs is 1. The molecule has 146 valence electrons. The fourth-order valence-electron chi connectivity index (χ4n) is 2.96. The lowest BCUT2D eigenvalue weighted by Crippen LogP contribution is -2.19. The van der Waals surface area contributed by atoms with Crippen molar-refractivity contribution in [1.29, 1.82) is 0 Å². The SMILES string of the molecule is O=C1C/C(=C\c2cnn3c(NC4CC4)nc(Oc4ccccc4F)nc23)C(=O)N1. The van der Waals surface area contributed by atoms with E-state index in [1.165, 1.54) is 22.8 Å². The van der Waals surface area contributed by atoms with Crippen LogP contribution in [0.15, 0.2) is 36.0 Å². The van der Waals surface area contributed by atoms with Crippen LogP contribution in [0.5, 0.6) is 11.8 Å². The summed E-state index contributed by atoms with van der Waals surface area (Å²) in [5.74, 6) is -0.936. The lowest BCUT2D eigenvalue weighted by atomic mass is 10.1. The number of nitrogens with one attached hydrogen (secondary N) is 2. The standard InChI is InChI=1S/C19H15FN6O3/c20-13-3-1-2-4-14(13)29-19-24-16-11(7-10-8-15(27)23-17(10)28)9-21-26(16)18(25-19)22-12-5-6-12/h1-4,7,9,12H,5-6,8H2,(H,22,24,25)(H,23,27,28)/b10-7+. The number of aromatic nitrogens is 4. The molecule has 3 aromatic rings. The van der Waals surface area contributed by atoms with Crippen molar-refractivity contribution in [2.45, 2.75) is 25.3 Å². The third-order valence-corrected chi connectivity index (χ3v) is 4.55. The Bertz CT molecular complexity index is 1180. The van der Waals surface area contributed by atoms with Gasteiger partial charge in [-0.25, -0.2) is 4.39 Å². The summed E-state index contributed by atoms with van der Waals surface area (Å²) in [5, 5.41) is 9.77. The third-order valence-electron chi connectivity index (χ3n) is 4.55. The minimum atomic E-state index is -0.537. The molecule has 9 nitrogen and oxygen atoms in total. The molecule has 3 heterocycles. The van der Waals surface area contributed by atoms with Gasteiger partial charge in [0.1, 0.15) is 0 Å². The summed E-state index contributed by atoms with van der Waals surface area (Å²) < 4.78 is 21.0. The van der Waals surface area contributed by atoms with Gasteiger partial charge in [0.15, 0.2) is 17.2 Å². The molecule has 1 aliphatic heterocycles. The van der Waals surface area contributed by atoms with Gasteiger partial charge < -0.3 is 10.1 Å². The molecule has 0 spiro atoms. The van der Waals surface area contributed by atoms with Crippen LogP contribution in [0, 0.1) is 5.82 Å². The van der Waals surface area contributed by atoms with Gasteiger partial charge in [-0.05, 0) is 31.1 Å². The van der Waals surface area contributed by atoms with Crippen molar-refractivity contribution in [3.63, 3.8) is 0 Å². The van der Waals surface area contributed by atoms with Crippen molar-refractivity contribution in [3.05, 3.63) is 47.4 Å². The second kappa shape index (κ2) is 6.66. The topological polar surface area (TPSA) is 111 Å². The predicted molar refractivity (Wildman–Crippen MR) is 99.6 cm³/mol. The maximum absolute atomic E-state index is 14.0. The summed E-state index contributed by atoms with van der Waals surface area (Å²) in [6.07, 6.45) is 5.10. The molecule has 0 atom stereocenters. The summed E-state index contributed by atoms with van der Waals surface area (Å²) in [4.78, 5) is 32.0. The van der Waals surface area contributed by atoms with Crippen LogP contribution in [0.1, 0.15) is 24.8 Å². The van der Waals surface area contributed by atoms with E-state index < -0.39 is 11.7 Å². The number of hydrogen-bond acceptors (Lipinski definition) is 7. The van der Waals surface area contributed by atoms with Crippen molar-refractivity contribution in [2.24, 2.45) is 0 Å². The molecular formula is C19H15FN6O3. The van der Waals surface area contributed by atoms with Crippen molar-refractivity contribution in [2.75, 3.05) is 5.32 Å². The maximum Gasteiger partial charge on any atom is 0.327 e. The first kappa shape index (κ1) is 17.3. The maximum atomic E-state index is 14.0. The Morgan fingerprint density at radius 3 is 2.79 bits per heavy atom. The summed E-state index contributed by atoms with van der Waals surface area (Å²) in [7, 11) is 0. The van der Waals surface area contributed by atoms with E-state index >= 15 is 0 Å². The smallest absolute Gasteiger partial charge is 0.327 e. The molecule has 29 heavy (non-hydrogen) atoms. The number of nitrogens with zero attached hydrogens (tertiary/aromatic N) is 4. The average Bonchev–Trinajstić information content (AvgIpc) is 3.33. The predicted octanol–water partition coefficient (Wildman–Crippen LogP) is 2.06. The normalized spacial score (nSPS) is 17.8. The first-order chi connectivity index (χ1) is 14.1. The molecule has 2 aliphatic rings. The number of anilines is 1. The summed E-state index contributed by atoms with van der Waals surface area (Å²) in [5.41, 5.74) is 1.20. The summed E-state index contributed by atoms with van der Waals surface area (Å²) in [6, 6.07) is 6.18. The first-order valence-corrected chi connectivity index (χ1v) is 9.06. The molecule has 5 rings (SSSR count). The van der Waals surface area contributed by atoms with E-state index in [1.54, 1.807) is 18.2 Å². The number of benzene rings is 1. The van der Waals surface area contributed by atoms with Crippen LogP contribution < -0.4 is 15.4 Å². The van der Waals surface area contributed by atoms with Crippen LogP contribution in [0.3, 0.4) is 0 Å². The molecular weight excluding hydrogens is 379 g/mol. The lowest BCUT2D eigenvalue weighted by molar-refractivity contribution is -0.124. The van der Waals surface area contributed by atoms with Gasteiger partial charge in [0.25, 0.3) is 5.91 Å². The second-order valence-electron chi connectivity index (χ2n) is 6.84. The molecule has 1 aliphatic carbocycles. The minimum absolute atomic E-state index is 0.00518. The fourth-order valence-corrected chi connectivity index (χ4v) is 2.96. The van der Waals surface area contributed by atoms with Crippen LogP contribution >= 0.6 is 0 Å². The monoisotopic (exact) mass is 394 g/mol. The van der Waals surface area contributed by atoms with Crippen molar-refractivity contribution in [3.8, 4) is 11.8 Å². The number of imide groups is 1. The number of rotatable bonds is 5. The van der Waals surface area contributed by atoms with Crippen LogP contribution in [0.4, 0.5) is 10.3 Å². The number of carbonyl (C=O) groups is 2. The molecule has 0 radical (unpaired) electrons. The Kier molecular flexibility index (Phi) is 3.97. The average molecular weight is 394 g/mol. The Labute approximate surface area is 163 Å². The van der Waals surface area contributed by atoms with Crippen molar-refractivity contribution in [1.82, 2.24) is 24.9 Å². The molecule has 2 aromatic heterocycles. The van der Waals surface area contributed by atoms with E-state index in [9.17, 15) is 14.0 Å². The van der Waals surface area contributed by atoms with Crippen LogP contribution in [0.2, 0.25) is 0 Å². The molecule has 1 aromatic carbocycles. The molecule has 2 fully saturated rings. The first-order valence-electron chi connectivity index (χ1n) is 9.06. The Balaban J connectivity index is 1.59. The van der Waals surface area contributed by atoms with Gasteiger partial charge in [0.05, 0.1) is 12.6 Å². The number of halogens is 1. The Morgan fingerprint density at radius 2 is 2.07 bits per heavy atom. The number of para-hydroxylation sites is 1. The van der Waals surface area contributed by atoms with Gasteiger partial charge in [-0.1, -0.05) is 12.1 Å². The van der Waals surface area contributed by atoms with Crippen LogP contribution in [0.25, 0.3) is 11.7 Å². The number of amides is 2. The van der Waals surface area contributed by atoms with Crippen LogP contribution in [-0.4, -0.2) is 37.4 Å². The minimum Gasteiger partial charge on any atom is -0.421 e. The van der Waals surface area contributed by atoms with Gasteiger partial charge in [-0.3, -0.25) is 14.9 Å². The van der Waals surface area contributed by atoms with E-state index in [-0.39, 0.29) is 30.1 Å². The van der Waals surface area contributed by atoms with E-state index in [1.807, 2.05) is 0 Å².